The summed E-state index contributed by atoms with van der Waals surface area (Å²) in [6.45, 7) is 6.98. The van der Waals surface area contributed by atoms with Crippen LogP contribution in [0.1, 0.15) is 57.7 Å². The van der Waals surface area contributed by atoms with Gasteiger partial charge >= 0.3 is 0 Å². The Hall–Kier alpha value is -1.77. The van der Waals surface area contributed by atoms with Gasteiger partial charge in [0.15, 0.2) is 0 Å². The molecule has 0 aromatic carbocycles. The Bertz CT molecular complexity index is 769. The van der Waals surface area contributed by atoms with E-state index in [1.165, 1.54) is 12.8 Å². The Morgan fingerprint density at radius 3 is 2.86 bits per heavy atom. The van der Waals surface area contributed by atoms with Crippen molar-refractivity contribution < 1.29 is 9.53 Å². The Balaban J connectivity index is 1.29. The number of piperazine rings is 1. The monoisotopic (exact) mass is 400 g/mol. The number of amides is 1. The van der Waals surface area contributed by atoms with Crippen LogP contribution in [0.2, 0.25) is 0 Å². The molecule has 3 heterocycles. The lowest BCUT2D eigenvalue weighted by molar-refractivity contribution is -0.130. The number of likely N-dealkylation sites (N-methyl/N-ethyl adjacent to an activating group) is 1. The molecule has 2 N–H and O–H groups in total. The molecular formula is C21H32N6O2. The first-order chi connectivity index (χ1) is 14.0. The number of carbonyl (C=O) groups excluding carboxylic acids is 1. The minimum Gasteiger partial charge on any atom is -0.372 e. The number of nitrogens with one attached hydrogen (secondary N) is 2. The number of ether oxygens (including phenoxy) is 1. The number of rotatable bonds is 5. The van der Waals surface area contributed by atoms with Crippen LogP contribution >= 0.6 is 0 Å². The first-order valence-corrected chi connectivity index (χ1v) is 11.1. The van der Waals surface area contributed by atoms with E-state index in [4.69, 9.17) is 4.74 Å². The smallest absolute Gasteiger partial charge is 0.242 e. The van der Waals surface area contributed by atoms with Crippen LogP contribution in [-0.4, -0.2) is 64.7 Å². The topological polar surface area (TPSA) is 82.6 Å². The lowest BCUT2D eigenvalue weighted by Crippen LogP contribution is -2.50. The Kier molecular flexibility index (Phi) is 4.96. The normalized spacial score (nSPS) is 33.7. The molecule has 2 saturated heterocycles. The maximum Gasteiger partial charge on any atom is 0.242 e. The average Bonchev–Trinajstić information content (AvgIpc) is 3.30. The van der Waals surface area contributed by atoms with Gasteiger partial charge in [-0.2, -0.15) is 0 Å². The Morgan fingerprint density at radius 1 is 1.24 bits per heavy atom. The van der Waals surface area contributed by atoms with Gasteiger partial charge in [-0.3, -0.25) is 10.2 Å². The Morgan fingerprint density at radius 2 is 2.10 bits per heavy atom. The van der Waals surface area contributed by atoms with E-state index < -0.39 is 0 Å². The third kappa shape index (κ3) is 3.85. The second-order valence-electron chi connectivity index (χ2n) is 9.24. The molecule has 29 heavy (non-hydrogen) atoms. The molecule has 5 rings (SSSR count). The highest BCUT2D eigenvalue weighted by Crippen LogP contribution is 2.45. The van der Waals surface area contributed by atoms with E-state index in [0.29, 0.717) is 24.6 Å². The quantitative estimate of drug-likeness (QED) is 0.773. The zero-order valence-corrected chi connectivity index (χ0v) is 17.4. The molecule has 1 amide bonds. The number of anilines is 1. The number of nitrogens with zero attached hydrogens (tertiary/aromatic N) is 4. The van der Waals surface area contributed by atoms with Crippen molar-refractivity contribution in [2.24, 2.45) is 5.92 Å². The van der Waals surface area contributed by atoms with E-state index in [1.54, 1.807) is 6.33 Å². The Labute approximate surface area is 172 Å². The van der Waals surface area contributed by atoms with Crippen molar-refractivity contribution in [3.63, 3.8) is 0 Å². The van der Waals surface area contributed by atoms with Crippen LogP contribution in [0.3, 0.4) is 0 Å². The fourth-order valence-electron chi connectivity index (χ4n) is 5.06. The van der Waals surface area contributed by atoms with E-state index in [0.717, 1.165) is 50.4 Å². The van der Waals surface area contributed by atoms with Crippen molar-refractivity contribution in [1.82, 2.24) is 25.7 Å². The largest absolute Gasteiger partial charge is 0.372 e. The highest BCUT2D eigenvalue weighted by atomic mass is 16.5. The lowest BCUT2D eigenvalue weighted by Gasteiger charge is -2.35. The average molecular weight is 401 g/mol. The zero-order chi connectivity index (χ0) is 20.0. The van der Waals surface area contributed by atoms with Crippen LogP contribution < -0.4 is 15.8 Å². The molecule has 8 heteroatoms. The highest BCUT2D eigenvalue weighted by Gasteiger charge is 2.46. The summed E-state index contributed by atoms with van der Waals surface area (Å²) in [6, 6.07) is 2.66. The van der Waals surface area contributed by atoms with Crippen LogP contribution in [-0.2, 0) is 9.53 Å². The van der Waals surface area contributed by atoms with Crippen molar-refractivity contribution in [2.45, 2.75) is 69.7 Å². The third-order valence-corrected chi connectivity index (χ3v) is 7.13. The fraction of sp³-hybridized carbons (Fsp3) is 0.762. The maximum absolute atomic E-state index is 12.3. The number of hydrazine groups is 1. The number of carbonyl (C=O) groups is 1. The maximum atomic E-state index is 12.3. The van der Waals surface area contributed by atoms with Gasteiger partial charge in [0.1, 0.15) is 12.1 Å². The predicted octanol–water partition coefficient (Wildman–Crippen LogP) is 1.40. The molecule has 8 nitrogen and oxygen atoms in total. The van der Waals surface area contributed by atoms with Crippen molar-refractivity contribution in [1.29, 1.82) is 0 Å². The molecule has 158 valence electrons. The summed E-state index contributed by atoms with van der Waals surface area (Å²) < 4.78 is 6.39. The van der Waals surface area contributed by atoms with Gasteiger partial charge in [-0.25, -0.2) is 15.4 Å². The van der Waals surface area contributed by atoms with Crippen LogP contribution in [0.4, 0.5) is 5.82 Å². The van der Waals surface area contributed by atoms with Crippen LogP contribution in [0, 0.1) is 5.92 Å². The van der Waals surface area contributed by atoms with Crippen molar-refractivity contribution in [2.75, 3.05) is 31.1 Å². The standard InChI is InChI=1S/C21H32N6O2/c1-3-26-8-9-27(12-19(26)28)18-11-17(22-13-23-18)20-15-10-14(29-21(2)6-7-21)4-5-16(15)24-25-20/h11,13-16,20,24-25H,3-10,12H2,1-2H3. The molecule has 1 aromatic rings. The SMILES string of the molecule is CCN1CCN(c2cc(C3NNC4CCC(OC5(C)CC5)CC43)ncn2)CC1=O. The number of hydrogen-bond acceptors (Lipinski definition) is 7. The lowest BCUT2D eigenvalue weighted by atomic mass is 9.79. The summed E-state index contributed by atoms with van der Waals surface area (Å²) >= 11 is 0. The molecule has 0 bridgehead atoms. The highest BCUT2D eigenvalue weighted by molar-refractivity contribution is 5.82. The third-order valence-electron chi connectivity index (χ3n) is 7.13. The van der Waals surface area contributed by atoms with Gasteiger partial charge in [-0.15, -0.1) is 0 Å². The molecule has 4 fully saturated rings. The van der Waals surface area contributed by atoms with E-state index in [9.17, 15) is 4.79 Å². The molecule has 2 aliphatic carbocycles. The van der Waals surface area contributed by atoms with Gasteiger partial charge in [0, 0.05) is 37.7 Å². The molecule has 2 aliphatic heterocycles. The van der Waals surface area contributed by atoms with Gasteiger partial charge in [-0.1, -0.05) is 0 Å². The van der Waals surface area contributed by atoms with Crippen LogP contribution in [0.25, 0.3) is 0 Å². The first-order valence-electron chi connectivity index (χ1n) is 11.1. The number of aromatic nitrogens is 2. The van der Waals surface area contributed by atoms with Crippen LogP contribution in [0.5, 0.6) is 0 Å². The van der Waals surface area contributed by atoms with E-state index in [1.807, 2.05) is 11.8 Å². The minimum atomic E-state index is 0.127. The molecule has 4 aliphatic rings. The fourth-order valence-corrected chi connectivity index (χ4v) is 5.06. The van der Waals surface area contributed by atoms with Crippen molar-refractivity contribution >= 4 is 11.7 Å². The van der Waals surface area contributed by atoms with Gasteiger partial charge < -0.3 is 14.5 Å². The first kappa shape index (κ1) is 19.2. The molecule has 4 unspecified atom stereocenters. The van der Waals surface area contributed by atoms with E-state index >= 15 is 0 Å². The van der Waals surface area contributed by atoms with Gasteiger partial charge in [0.05, 0.1) is 30.0 Å². The van der Waals surface area contributed by atoms with Crippen LogP contribution in [0.15, 0.2) is 12.4 Å². The van der Waals surface area contributed by atoms with E-state index in [-0.39, 0.29) is 17.6 Å². The van der Waals surface area contributed by atoms with Gasteiger partial charge in [0.2, 0.25) is 5.91 Å². The second-order valence-corrected chi connectivity index (χ2v) is 9.24. The molecule has 4 atom stereocenters. The second kappa shape index (κ2) is 7.49. The van der Waals surface area contributed by atoms with Crippen molar-refractivity contribution in [3.05, 3.63) is 18.1 Å². The summed E-state index contributed by atoms with van der Waals surface area (Å²) in [5, 5.41) is 0. The molecule has 1 aromatic heterocycles. The van der Waals surface area contributed by atoms with Gasteiger partial charge in [-0.05, 0) is 46.0 Å². The molecule has 2 saturated carbocycles. The molecular weight excluding hydrogens is 368 g/mol. The summed E-state index contributed by atoms with van der Waals surface area (Å²) in [4.78, 5) is 25.3. The van der Waals surface area contributed by atoms with E-state index in [2.05, 4.69) is 38.7 Å². The zero-order valence-electron chi connectivity index (χ0n) is 17.4. The predicted molar refractivity (Wildman–Crippen MR) is 109 cm³/mol. The molecule has 0 spiro atoms. The minimum absolute atomic E-state index is 0.127. The van der Waals surface area contributed by atoms with Crippen molar-refractivity contribution in [3.8, 4) is 0 Å². The summed E-state index contributed by atoms with van der Waals surface area (Å²) in [7, 11) is 0. The van der Waals surface area contributed by atoms with Gasteiger partial charge in [0.25, 0.3) is 0 Å². The summed E-state index contributed by atoms with van der Waals surface area (Å²) in [6.07, 6.45) is 7.66. The number of fused-ring (bicyclic) bond motifs is 1. The summed E-state index contributed by atoms with van der Waals surface area (Å²) in [5.74, 6) is 1.47. The molecule has 0 radical (unpaired) electrons. The summed E-state index contributed by atoms with van der Waals surface area (Å²) in [5.41, 5.74) is 8.09. The number of hydrogen-bond donors (Lipinski definition) is 2.